The number of quaternary nitrogens is 1. The first kappa shape index (κ1) is 65.0. The van der Waals surface area contributed by atoms with Crippen molar-refractivity contribution in [2.24, 2.45) is 0 Å². The molecule has 0 fully saturated rings. The molecule has 0 aliphatic carbocycles. The van der Waals surface area contributed by atoms with Gasteiger partial charge in [-0.3, -0.25) is 9.36 Å². The lowest BCUT2D eigenvalue weighted by molar-refractivity contribution is -0.870. The molecule has 0 saturated heterocycles. The molecule has 1 amide bonds. The number of aliphatic hydroxyl groups excluding tert-OH is 1. The number of aliphatic hydroxyl groups is 1. The van der Waals surface area contributed by atoms with E-state index >= 15 is 0 Å². The fourth-order valence-corrected chi connectivity index (χ4v) is 9.37. The maximum atomic E-state index is 13.0. The number of allylic oxidation sites excluding steroid dienone is 3. The lowest BCUT2D eigenvalue weighted by Crippen LogP contribution is -2.45. The number of nitrogens with one attached hydrogen (secondary N) is 1. The largest absolute Gasteiger partial charge is 0.756 e. The van der Waals surface area contributed by atoms with Crippen LogP contribution < -0.4 is 10.2 Å². The maximum Gasteiger partial charge on any atom is 0.268 e. The topological polar surface area (TPSA) is 108 Å². The Labute approximate surface area is 411 Å². The third-order valence-electron chi connectivity index (χ3n) is 13.2. The van der Waals surface area contributed by atoms with Gasteiger partial charge in [-0.15, -0.1) is 0 Å². The zero-order valence-electron chi connectivity index (χ0n) is 44.7. The Morgan fingerprint density at radius 1 is 0.515 bits per heavy atom. The predicted octanol–water partition coefficient (Wildman–Crippen LogP) is 16.6. The molecule has 0 aliphatic rings. The standard InChI is InChI=1S/C57H113N2O6P/c1-6-8-10-12-14-16-18-20-22-24-26-28-29-30-31-33-35-37-39-41-43-45-47-49-51-57(61)58-55(54-65-66(62,63)64-53-52-59(3,4)5)56(60)50-48-46-44-42-40-38-36-34-32-27-25-23-21-19-17-15-13-11-9-7-2/h40,42,48,50,55-56,60H,6-39,41,43-47,49,51-54H2,1-5H3,(H-,58,61,62,63)/b42-40+,50-48+. The first-order valence-electron chi connectivity index (χ1n) is 28.7. The van der Waals surface area contributed by atoms with Gasteiger partial charge in [0.1, 0.15) is 13.2 Å². The third-order valence-corrected chi connectivity index (χ3v) is 14.1. The van der Waals surface area contributed by atoms with Gasteiger partial charge in [0.15, 0.2) is 0 Å². The number of carbonyl (C=O) groups is 1. The first-order valence-corrected chi connectivity index (χ1v) is 30.2. The van der Waals surface area contributed by atoms with E-state index in [0.717, 1.165) is 38.5 Å². The molecule has 66 heavy (non-hydrogen) atoms. The SMILES string of the molecule is CCCCCCCCCCCCCCCC/C=C/CC/C=C/C(O)C(COP(=O)([O-])OCC[N+](C)(C)C)NC(=O)CCCCCCCCCCCCCCCCCCCCCCCCCC. The quantitative estimate of drug-likeness (QED) is 0.0272. The van der Waals surface area contributed by atoms with Gasteiger partial charge in [-0.05, 0) is 32.1 Å². The average molecular weight is 954 g/mol. The van der Waals surface area contributed by atoms with Crippen LogP contribution in [-0.2, 0) is 18.4 Å². The lowest BCUT2D eigenvalue weighted by Gasteiger charge is -2.29. The van der Waals surface area contributed by atoms with Gasteiger partial charge >= 0.3 is 0 Å². The van der Waals surface area contributed by atoms with E-state index in [1.54, 1.807) is 6.08 Å². The Balaban J connectivity index is 4.22. The van der Waals surface area contributed by atoms with E-state index in [0.29, 0.717) is 17.4 Å². The number of hydrogen-bond donors (Lipinski definition) is 2. The lowest BCUT2D eigenvalue weighted by atomic mass is 10.0. The number of likely N-dealkylation sites (N-methyl/N-ethyl adjacent to an activating group) is 1. The van der Waals surface area contributed by atoms with Crippen LogP contribution in [0.25, 0.3) is 0 Å². The summed E-state index contributed by atoms with van der Waals surface area (Å²) in [6.45, 7) is 4.67. The van der Waals surface area contributed by atoms with Gasteiger partial charge in [0.05, 0.1) is 39.9 Å². The molecule has 0 aromatic heterocycles. The van der Waals surface area contributed by atoms with Gasteiger partial charge < -0.3 is 28.8 Å². The van der Waals surface area contributed by atoms with Crippen molar-refractivity contribution in [2.75, 3.05) is 40.9 Å². The van der Waals surface area contributed by atoms with Crippen LogP contribution in [0.2, 0.25) is 0 Å². The molecule has 0 aromatic rings. The fraction of sp³-hybridized carbons (Fsp3) is 0.912. The van der Waals surface area contributed by atoms with Crippen molar-refractivity contribution in [3.8, 4) is 0 Å². The van der Waals surface area contributed by atoms with Crippen LogP contribution in [0, 0.1) is 0 Å². The molecule has 0 aliphatic heterocycles. The molecule has 0 radical (unpaired) electrons. The summed E-state index contributed by atoms with van der Waals surface area (Å²) in [6, 6.07) is -0.900. The van der Waals surface area contributed by atoms with Crippen LogP contribution in [-0.4, -0.2) is 68.5 Å². The van der Waals surface area contributed by atoms with Gasteiger partial charge in [0.25, 0.3) is 7.82 Å². The van der Waals surface area contributed by atoms with Crippen molar-refractivity contribution in [3.63, 3.8) is 0 Å². The highest BCUT2D eigenvalue weighted by Gasteiger charge is 2.23. The van der Waals surface area contributed by atoms with Crippen molar-refractivity contribution >= 4 is 13.7 Å². The minimum absolute atomic E-state index is 0.00373. The van der Waals surface area contributed by atoms with E-state index in [4.69, 9.17) is 9.05 Å². The summed E-state index contributed by atoms with van der Waals surface area (Å²) < 4.78 is 23.3. The van der Waals surface area contributed by atoms with Crippen molar-refractivity contribution in [3.05, 3.63) is 24.3 Å². The Bertz CT molecular complexity index is 1130. The Hall–Kier alpha value is -1.02. The van der Waals surface area contributed by atoms with Gasteiger partial charge in [-0.2, -0.15) is 0 Å². The summed E-state index contributed by atoms with van der Waals surface area (Å²) >= 11 is 0. The minimum atomic E-state index is -4.60. The van der Waals surface area contributed by atoms with E-state index in [-0.39, 0.29) is 19.1 Å². The van der Waals surface area contributed by atoms with E-state index in [2.05, 4.69) is 31.3 Å². The van der Waals surface area contributed by atoms with Crippen LogP contribution in [0.5, 0.6) is 0 Å². The summed E-state index contributed by atoms with van der Waals surface area (Å²) in [5.41, 5.74) is 0. The van der Waals surface area contributed by atoms with Crippen LogP contribution in [0.3, 0.4) is 0 Å². The first-order chi connectivity index (χ1) is 32.0. The molecule has 3 unspecified atom stereocenters. The highest BCUT2D eigenvalue weighted by molar-refractivity contribution is 7.45. The molecule has 0 saturated carbocycles. The second kappa shape index (κ2) is 49.0. The minimum Gasteiger partial charge on any atom is -0.756 e. The molecule has 8 nitrogen and oxygen atoms in total. The summed E-state index contributed by atoms with van der Waals surface area (Å²) in [6.07, 6.45) is 61.1. The molecular weight excluding hydrogens is 840 g/mol. The monoisotopic (exact) mass is 953 g/mol. The normalized spacial score (nSPS) is 14.1. The molecule has 0 heterocycles. The van der Waals surface area contributed by atoms with Crippen LogP contribution >= 0.6 is 7.82 Å². The molecule has 0 spiro atoms. The maximum absolute atomic E-state index is 13.0. The van der Waals surface area contributed by atoms with Crippen molar-refractivity contribution < 1.29 is 32.9 Å². The number of rotatable bonds is 53. The second-order valence-electron chi connectivity index (χ2n) is 21.0. The number of nitrogens with zero attached hydrogens (tertiary/aromatic N) is 1. The Morgan fingerprint density at radius 3 is 1.23 bits per heavy atom. The highest BCUT2D eigenvalue weighted by atomic mass is 31.2. The number of amides is 1. The zero-order chi connectivity index (χ0) is 48.5. The molecule has 392 valence electrons. The number of unbranched alkanes of at least 4 members (excludes halogenated alkanes) is 38. The summed E-state index contributed by atoms with van der Waals surface area (Å²) in [5.74, 6) is -0.201. The molecule has 3 atom stereocenters. The van der Waals surface area contributed by atoms with E-state index in [9.17, 15) is 19.4 Å². The summed E-state index contributed by atoms with van der Waals surface area (Å²) in [7, 11) is 1.26. The van der Waals surface area contributed by atoms with Crippen molar-refractivity contribution in [2.45, 2.75) is 296 Å². The molecular formula is C57H113N2O6P. The average Bonchev–Trinajstić information content (AvgIpc) is 3.28. The van der Waals surface area contributed by atoms with Crippen LogP contribution in [0.15, 0.2) is 24.3 Å². The van der Waals surface area contributed by atoms with Crippen molar-refractivity contribution in [1.29, 1.82) is 0 Å². The van der Waals surface area contributed by atoms with Gasteiger partial charge in [0, 0.05) is 6.42 Å². The van der Waals surface area contributed by atoms with Gasteiger partial charge in [0.2, 0.25) is 5.91 Å². The second-order valence-corrected chi connectivity index (χ2v) is 22.4. The molecule has 0 bridgehead atoms. The summed E-state index contributed by atoms with van der Waals surface area (Å²) in [5, 5.41) is 13.9. The van der Waals surface area contributed by atoms with E-state index in [1.165, 1.54) is 225 Å². The Morgan fingerprint density at radius 2 is 0.848 bits per heavy atom. The van der Waals surface area contributed by atoms with Gasteiger partial charge in [-0.25, -0.2) is 0 Å². The number of carbonyl (C=O) groups excluding carboxylic acids is 1. The number of phosphoric acid groups is 1. The fourth-order valence-electron chi connectivity index (χ4n) is 8.64. The number of phosphoric ester groups is 1. The van der Waals surface area contributed by atoms with Crippen molar-refractivity contribution in [1.82, 2.24) is 5.32 Å². The summed E-state index contributed by atoms with van der Waals surface area (Å²) in [4.78, 5) is 25.5. The van der Waals surface area contributed by atoms with E-state index in [1.807, 2.05) is 27.2 Å². The molecule has 0 aromatic carbocycles. The van der Waals surface area contributed by atoms with Crippen LogP contribution in [0.4, 0.5) is 0 Å². The predicted molar refractivity (Wildman–Crippen MR) is 284 cm³/mol. The van der Waals surface area contributed by atoms with Crippen LogP contribution in [0.1, 0.15) is 284 Å². The molecule has 2 N–H and O–H groups in total. The zero-order valence-corrected chi connectivity index (χ0v) is 45.6. The molecule has 9 heteroatoms. The van der Waals surface area contributed by atoms with E-state index < -0.39 is 20.0 Å². The Kier molecular flexibility index (Phi) is 48.2. The number of hydrogen-bond acceptors (Lipinski definition) is 6. The molecule has 0 rings (SSSR count). The smallest absolute Gasteiger partial charge is 0.268 e. The van der Waals surface area contributed by atoms with Gasteiger partial charge in [-0.1, -0.05) is 269 Å². The highest BCUT2D eigenvalue weighted by Crippen LogP contribution is 2.38. The third kappa shape index (κ3) is 50.8.